The molecule has 138 valence electrons. The molecular weight excluding hydrogens is 346 g/mol. The minimum absolute atomic E-state index is 0.0133. The lowest BCUT2D eigenvalue weighted by Crippen LogP contribution is -2.52. The van der Waals surface area contributed by atoms with E-state index in [0.717, 1.165) is 30.7 Å². The molecule has 1 aliphatic heterocycles. The normalized spacial score (nSPS) is 17.0. The third kappa shape index (κ3) is 4.85. The molecule has 3 amide bonds. The second-order valence-corrected chi connectivity index (χ2v) is 7.62. The summed E-state index contributed by atoms with van der Waals surface area (Å²) < 4.78 is 0. The quantitative estimate of drug-likeness (QED) is 0.877. The SMILES string of the molecule is CN(CCc1ccccc1)C(=O)NC1CCCN(C(=O)c2cccs2)C1. The Morgan fingerprint density at radius 2 is 2.04 bits per heavy atom. The monoisotopic (exact) mass is 371 g/mol. The number of nitrogens with one attached hydrogen (secondary N) is 1. The highest BCUT2D eigenvalue weighted by Gasteiger charge is 2.26. The molecule has 1 N–H and O–H groups in total. The highest BCUT2D eigenvalue weighted by molar-refractivity contribution is 7.12. The molecule has 1 saturated heterocycles. The Bertz CT molecular complexity index is 718. The van der Waals surface area contributed by atoms with Gasteiger partial charge in [0.1, 0.15) is 0 Å². The summed E-state index contributed by atoms with van der Waals surface area (Å²) in [5.41, 5.74) is 1.22. The molecule has 2 aromatic rings. The number of likely N-dealkylation sites (N-methyl/N-ethyl adjacent to an activating group) is 1. The van der Waals surface area contributed by atoms with Crippen molar-refractivity contribution in [3.05, 3.63) is 58.3 Å². The van der Waals surface area contributed by atoms with Crippen LogP contribution in [0.4, 0.5) is 4.79 Å². The highest BCUT2D eigenvalue weighted by Crippen LogP contribution is 2.17. The molecule has 3 rings (SSSR count). The van der Waals surface area contributed by atoms with Gasteiger partial charge in [-0.05, 0) is 36.3 Å². The summed E-state index contributed by atoms with van der Waals surface area (Å²) in [6, 6.07) is 13.8. The first-order valence-corrected chi connectivity index (χ1v) is 9.90. The molecule has 26 heavy (non-hydrogen) atoms. The van der Waals surface area contributed by atoms with Crippen molar-refractivity contribution in [1.82, 2.24) is 15.1 Å². The first kappa shape index (κ1) is 18.5. The average molecular weight is 372 g/mol. The molecule has 0 saturated carbocycles. The van der Waals surface area contributed by atoms with Crippen molar-refractivity contribution in [2.75, 3.05) is 26.7 Å². The summed E-state index contributed by atoms with van der Waals surface area (Å²) in [4.78, 5) is 29.3. The van der Waals surface area contributed by atoms with E-state index < -0.39 is 0 Å². The van der Waals surface area contributed by atoms with E-state index in [1.165, 1.54) is 16.9 Å². The summed E-state index contributed by atoms with van der Waals surface area (Å²) in [6.45, 7) is 2.00. The van der Waals surface area contributed by atoms with E-state index in [-0.39, 0.29) is 18.0 Å². The average Bonchev–Trinajstić information content (AvgIpc) is 3.21. The second kappa shape index (κ2) is 8.85. The van der Waals surface area contributed by atoms with Gasteiger partial charge in [-0.15, -0.1) is 11.3 Å². The number of hydrogen-bond donors (Lipinski definition) is 1. The van der Waals surface area contributed by atoms with Crippen molar-refractivity contribution in [1.29, 1.82) is 0 Å². The van der Waals surface area contributed by atoms with Crippen LogP contribution in [0.2, 0.25) is 0 Å². The van der Waals surface area contributed by atoms with Gasteiger partial charge in [0.15, 0.2) is 0 Å². The Morgan fingerprint density at radius 1 is 1.23 bits per heavy atom. The van der Waals surface area contributed by atoms with Crippen molar-refractivity contribution in [3.8, 4) is 0 Å². The molecule has 1 aliphatic rings. The van der Waals surface area contributed by atoms with E-state index in [4.69, 9.17) is 0 Å². The molecule has 1 aromatic carbocycles. The third-order valence-corrected chi connectivity index (χ3v) is 5.55. The second-order valence-electron chi connectivity index (χ2n) is 6.67. The molecular formula is C20H25N3O2S. The molecule has 0 spiro atoms. The largest absolute Gasteiger partial charge is 0.336 e. The smallest absolute Gasteiger partial charge is 0.317 e. The van der Waals surface area contributed by atoms with Crippen LogP contribution >= 0.6 is 11.3 Å². The Kier molecular flexibility index (Phi) is 6.28. The van der Waals surface area contributed by atoms with Gasteiger partial charge in [-0.3, -0.25) is 4.79 Å². The summed E-state index contributed by atoms with van der Waals surface area (Å²) in [5, 5.41) is 5.00. The third-order valence-electron chi connectivity index (χ3n) is 4.69. The molecule has 1 atom stereocenters. The molecule has 0 radical (unpaired) electrons. The number of benzene rings is 1. The molecule has 6 heteroatoms. The van der Waals surface area contributed by atoms with Crippen LogP contribution in [-0.2, 0) is 6.42 Å². The number of carbonyl (C=O) groups is 2. The Balaban J connectivity index is 1.48. The summed E-state index contributed by atoms with van der Waals surface area (Å²) >= 11 is 1.46. The van der Waals surface area contributed by atoms with Gasteiger partial charge in [0.25, 0.3) is 5.91 Å². The maximum atomic E-state index is 12.5. The number of urea groups is 1. The van der Waals surface area contributed by atoms with Crippen LogP contribution in [0.15, 0.2) is 47.8 Å². The number of nitrogens with zero attached hydrogens (tertiary/aromatic N) is 2. The first-order chi connectivity index (χ1) is 12.6. The van der Waals surface area contributed by atoms with Crippen molar-refractivity contribution < 1.29 is 9.59 Å². The van der Waals surface area contributed by atoms with Crippen molar-refractivity contribution in [3.63, 3.8) is 0 Å². The van der Waals surface area contributed by atoms with Gasteiger partial charge in [-0.25, -0.2) is 4.79 Å². The molecule has 1 unspecified atom stereocenters. The van der Waals surface area contributed by atoms with Gasteiger partial charge < -0.3 is 15.1 Å². The van der Waals surface area contributed by atoms with Gasteiger partial charge >= 0.3 is 6.03 Å². The number of likely N-dealkylation sites (tertiary alicyclic amines) is 1. The van der Waals surface area contributed by atoms with E-state index in [0.29, 0.717) is 13.1 Å². The maximum absolute atomic E-state index is 12.5. The van der Waals surface area contributed by atoms with E-state index in [2.05, 4.69) is 17.4 Å². The van der Waals surface area contributed by atoms with E-state index in [1.807, 2.05) is 47.7 Å². The van der Waals surface area contributed by atoms with Crippen LogP contribution in [0, 0.1) is 0 Å². The standard InChI is InChI=1S/C20H25N3O2S/c1-22(13-11-16-7-3-2-4-8-16)20(25)21-17-9-5-12-23(15-17)19(24)18-10-6-14-26-18/h2-4,6-8,10,14,17H,5,9,11-13,15H2,1H3,(H,21,25). The van der Waals surface area contributed by atoms with Crippen LogP contribution in [0.1, 0.15) is 28.1 Å². The predicted molar refractivity (Wildman–Crippen MR) is 105 cm³/mol. The van der Waals surface area contributed by atoms with E-state index in [9.17, 15) is 9.59 Å². The summed E-state index contributed by atoms with van der Waals surface area (Å²) in [5.74, 6) is 0.0661. The van der Waals surface area contributed by atoms with Crippen LogP contribution < -0.4 is 5.32 Å². The van der Waals surface area contributed by atoms with Gasteiger partial charge in [-0.1, -0.05) is 36.4 Å². The van der Waals surface area contributed by atoms with Crippen molar-refractivity contribution >= 4 is 23.3 Å². The van der Waals surface area contributed by atoms with Gasteiger partial charge in [0, 0.05) is 32.7 Å². The number of carbonyl (C=O) groups excluding carboxylic acids is 2. The van der Waals surface area contributed by atoms with Crippen LogP contribution in [0.5, 0.6) is 0 Å². The van der Waals surface area contributed by atoms with E-state index in [1.54, 1.807) is 4.90 Å². The minimum atomic E-state index is -0.0728. The lowest BCUT2D eigenvalue weighted by molar-refractivity contribution is 0.0700. The number of rotatable bonds is 5. The van der Waals surface area contributed by atoms with Crippen molar-refractivity contribution in [2.24, 2.45) is 0 Å². The zero-order chi connectivity index (χ0) is 18.4. The lowest BCUT2D eigenvalue weighted by Gasteiger charge is -2.33. The van der Waals surface area contributed by atoms with Crippen LogP contribution in [0.25, 0.3) is 0 Å². The molecule has 1 fully saturated rings. The molecule has 1 aromatic heterocycles. The zero-order valence-corrected chi connectivity index (χ0v) is 15.9. The fraction of sp³-hybridized carbons (Fsp3) is 0.400. The van der Waals surface area contributed by atoms with Crippen molar-refractivity contribution in [2.45, 2.75) is 25.3 Å². The number of piperidine rings is 1. The maximum Gasteiger partial charge on any atom is 0.317 e. The number of hydrogen-bond acceptors (Lipinski definition) is 3. The first-order valence-electron chi connectivity index (χ1n) is 9.02. The highest BCUT2D eigenvalue weighted by atomic mass is 32.1. The van der Waals surface area contributed by atoms with Crippen LogP contribution in [0.3, 0.4) is 0 Å². The Morgan fingerprint density at radius 3 is 2.77 bits per heavy atom. The van der Waals surface area contributed by atoms with Gasteiger partial charge in [0.05, 0.1) is 4.88 Å². The fourth-order valence-electron chi connectivity index (χ4n) is 3.16. The van der Waals surface area contributed by atoms with E-state index >= 15 is 0 Å². The molecule has 2 heterocycles. The summed E-state index contributed by atoms with van der Waals surface area (Å²) in [7, 11) is 1.82. The van der Waals surface area contributed by atoms with Gasteiger partial charge in [-0.2, -0.15) is 0 Å². The molecule has 0 bridgehead atoms. The predicted octanol–water partition coefficient (Wildman–Crippen LogP) is 3.24. The van der Waals surface area contributed by atoms with Gasteiger partial charge in [0.2, 0.25) is 0 Å². The number of thiophene rings is 1. The lowest BCUT2D eigenvalue weighted by atomic mass is 10.1. The summed E-state index contributed by atoms with van der Waals surface area (Å²) in [6.07, 6.45) is 2.65. The molecule has 0 aliphatic carbocycles. The van der Waals surface area contributed by atoms with Crippen LogP contribution in [-0.4, -0.2) is 54.5 Å². The topological polar surface area (TPSA) is 52.7 Å². The Hall–Kier alpha value is -2.34. The number of amides is 3. The molecule has 5 nitrogen and oxygen atoms in total. The fourth-order valence-corrected chi connectivity index (χ4v) is 3.85. The minimum Gasteiger partial charge on any atom is -0.336 e. The zero-order valence-electron chi connectivity index (χ0n) is 15.1. The Labute approximate surface area is 158 Å².